The molecule has 0 radical (unpaired) electrons. The number of rotatable bonds is 6. The van der Waals surface area contributed by atoms with E-state index < -0.39 is 0 Å². The number of hydrogen-bond acceptors (Lipinski definition) is 2. The van der Waals surface area contributed by atoms with Gasteiger partial charge in [0.15, 0.2) is 0 Å². The lowest BCUT2D eigenvalue weighted by Crippen LogP contribution is -2.36. The van der Waals surface area contributed by atoms with Crippen molar-refractivity contribution in [3.8, 4) is 0 Å². The Labute approximate surface area is 111 Å². The summed E-state index contributed by atoms with van der Waals surface area (Å²) in [5, 5.41) is 0. The molecule has 0 aliphatic heterocycles. The molecule has 0 heterocycles. The van der Waals surface area contributed by atoms with Gasteiger partial charge in [-0.2, -0.15) is 0 Å². The van der Waals surface area contributed by atoms with E-state index in [1.165, 1.54) is 37.8 Å². The van der Waals surface area contributed by atoms with Crippen LogP contribution in [0.3, 0.4) is 0 Å². The first-order valence-corrected chi connectivity index (χ1v) is 7.37. The first-order valence-electron chi connectivity index (χ1n) is 7.37. The highest BCUT2D eigenvalue weighted by molar-refractivity contribution is 5.46. The molecule has 1 saturated carbocycles. The Balaban J connectivity index is 2.00. The minimum Gasteiger partial charge on any atom is -0.371 e. The van der Waals surface area contributed by atoms with Gasteiger partial charge in [0.1, 0.15) is 0 Å². The predicted molar refractivity (Wildman–Crippen MR) is 78.9 cm³/mol. The van der Waals surface area contributed by atoms with Gasteiger partial charge in [-0.15, -0.1) is 0 Å². The van der Waals surface area contributed by atoms with E-state index in [4.69, 9.17) is 5.73 Å². The lowest BCUT2D eigenvalue weighted by molar-refractivity contribution is 0.470. The van der Waals surface area contributed by atoms with Crippen LogP contribution >= 0.6 is 0 Å². The molecule has 2 N–H and O–H groups in total. The number of anilines is 1. The number of para-hydroxylation sites is 1. The van der Waals surface area contributed by atoms with Crippen LogP contribution in [0.2, 0.25) is 0 Å². The number of hydrogen-bond donors (Lipinski definition) is 1. The summed E-state index contributed by atoms with van der Waals surface area (Å²) in [5.74, 6) is 0.682. The molecule has 2 rings (SSSR count). The molecule has 2 nitrogen and oxygen atoms in total. The quantitative estimate of drug-likeness (QED) is 0.833. The summed E-state index contributed by atoms with van der Waals surface area (Å²) in [4.78, 5) is 2.53. The zero-order valence-electron chi connectivity index (χ0n) is 11.5. The van der Waals surface area contributed by atoms with Crippen molar-refractivity contribution in [2.24, 2.45) is 11.7 Å². The van der Waals surface area contributed by atoms with Crippen molar-refractivity contribution >= 4 is 5.69 Å². The van der Waals surface area contributed by atoms with E-state index in [2.05, 4.69) is 42.2 Å². The molecule has 0 aromatic heterocycles. The molecule has 18 heavy (non-hydrogen) atoms. The van der Waals surface area contributed by atoms with Gasteiger partial charge in [0.2, 0.25) is 0 Å². The molecule has 0 saturated heterocycles. The molecule has 1 aromatic carbocycles. The highest BCUT2D eigenvalue weighted by Crippen LogP contribution is 2.27. The molecule has 100 valence electrons. The Kier molecular flexibility index (Phi) is 5.06. The van der Waals surface area contributed by atoms with E-state index in [1.54, 1.807) is 0 Å². The summed E-state index contributed by atoms with van der Waals surface area (Å²) in [6.07, 6.45) is 6.33. The average Bonchev–Trinajstić information content (AvgIpc) is 2.81. The highest BCUT2D eigenvalue weighted by atomic mass is 15.1. The minimum atomic E-state index is 0.415. The van der Waals surface area contributed by atoms with E-state index in [-0.39, 0.29) is 0 Å². The zero-order valence-corrected chi connectivity index (χ0v) is 11.5. The normalized spacial score (nSPS) is 23.2. The Hall–Kier alpha value is -1.02. The molecule has 1 aromatic rings. The van der Waals surface area contributed by atoms with Crippen LogP contribution in [0.4, 0.5) is 5.69 Å². The maximum Gasteiger partial charge on any atom is 0.0366 e. The van der Waals surface area contributed by atoms with Crippen LogP contribution in [0.25, 0.3) is 0 Å². The molecule has 0 amide bonds. The van der Waals surface area contributed by atoms with Gasteiger partial charge >= 0.3 is 0 Å². The molecule has 2 atom stereocenters. The number of nitrogens with zero attached hydrogens (tertiary/aromatic N) is 1. The van der Waals surface area contributed by atoms with E-state index in [0.717, 1.165) is 13.1 Å². The Bertz CT molecular complexity index is 336. The Morgan fingerprint density at radius 3 is 2.61 bits per heavy atom. The second-order valence-electron chi connectivity index (χ2n) is 5.49. The monoisotopic (exact) mass is 246 g/mol. The largest absolute Gasteiger partial charge is 0.371 e. The van der Waals surface area contributed by atoms with E-state index >= 15 is 0 Å². The lowest BCUT2D eigenvalue weighted by Gasteiger charge is -2.29. The topological polar surface area (TPSA) is 29.3 Å². The third-order valence-corrected chi connectivity index (χ3v) is 4.08. The summed E-state index contributed by atoms with van der Waals surface area (Å²) in [5.41, 5.74) is 7.56. The summed E-state index contributed by atoms with van der Waals surface area (Å²) in [7, 11) is 0. The van der Waals surface area contributed by atoms with Crippen LogP contribution in [-0.2, 0) is 0 Å². The van der Waals surface area contributed by atoms with Gasteiger partial charge in [-0.1, -0.05) is 38.0 Å². The fraction of sp³-hybridized carbons (Fsp3) is 0.625. The number of benzene rings is 1. The number of nitrogens with two attached hydrogens (primary N) is 1. The van der Waals surface area contributed by atoms with Crippen LogP contribution in [0.1, 0.15) is 39.0 Å². The third kappa shape index (κ3) is 3.49. The lowest BCUT2D eigenvalue weighted by atomic mass is 10.0. The van der Waals surface area contributed by atoms with Crippen LogP contribution < -0.4 is 10.6 Å². The summed E-state index contributed by atoms with van der Waals surface area (Å²) >= 11 is 0. The van der Waals surface area contributed by atoms with Crippen molar-refractivity contribution in [2.45, 2.75) is 45.1 Å². The molecule has 2 unspecified atom stereocenters. The highest BCUT2D eigenvalue weighted by Gasteiger charge is 2.25. The SMILES string of the molecule is CCCCN(CC1CCCC1N)c1ccccc1. The molecule has 1 fully saturated rings. The smallest absolute Gasteiger partial charge is 0.0366 e. The van der Waals surface area contributed by atoms with Crippen molar-refractivity contribution in [1.29, 1.82) is 0 Å². The zero-order chi connectivity index (χ0) is 12.8. The third-order valence-electron chi connectivity index (χ3n) is 4.08. The molecule has 0 bridgehead atoms. The summed E-state index contributed by atoms with van der Waals surface area (Å²) in [6, 6.07) is 11.2. The first kappa shape index (κ1) is 13.4. The molecule has 0 spiro atoms. The van der Waals surface area contributed by atoms with Crippen molar-refractivity contribution in [3.63, 3.8) is 0 Å². The van der Waals surface area contributed by atoms with Gasteiger partial charge in [-0.3, -0.25) is 0 Å². The van der Waals surface area contributed by atoms with Crippen LogP contribution in [0.5, 0.6) is 0 Å². The van der Waals surface area contributed by atoms with E-state index in [0.29, 0.717) is 12.0 Å². The number of unbranched alkanes of at least 4 members (excludes halogenated alkanes) is 1. The van der Waals surface area contributed by atoms with Gasteiger partial charge < -0.3 is 10.6 Å². The fourth-order valence-corrected chi connectivity index (χ4v) is 2.89. The molecular weight excluding hydrogens is 220 g/mol. The summed E-state index contributed by atoms with van der Waals surface area (Å²) < 4.78 is 0. The predicted octanol–water partition coefficient (Wildman–Crippen LogP) is 3.42. The maximum absolute atomic E-state index is 6.21. The van der Waals surface area contributed by atoms with Gasteiger partial charge in [0.25, 0.3) is 0 Å². The van der Waals surface area contributed by atoms with Crippen LogP contribution in [-0.4, -0.2) is 19.1 Å². The standard InChI is InChI=1S/C16H26N2/c1-2-3-12-18(15-9-5-4-6-10-15)13-14-8-7-11-16(14)17/h4-6,9-10,14,16H,2-3,7-8,11-13,17H2,1H3. The maximum atomic E-state index is 6.21. The van der Waals surface area contributed by atoms with Gasteiger partial charge in [0.05, 0.1) is 0 Å². The van der Waals surface area contributed by atoms with Crippen molar-refractivity contribution < 1.29 is 0 Å². The first-order chi connectivity index (χ1) is 8.81. The molecule has 1 aliphatic carbocycles. The molecule has 2 heteroatoms. The van der Waals surface area contributed by atoms with Crippen LogP contribution in [0.15, 0.2) is 30.3 Å². The second kappa shape index (κ2) is 6.79. The van der Waals surface area contributed by atoms with Gasteiger partial charge in [0, 0.05) is 24.8 Å². The van der Waals surface area contributed by atoms with E-state index in [9.17, 15) is 0 Å². The van der Waals surface area contributed by atoms with Crippen LogP contribution in [0, 0.1) is 5.92 Å². The van der Waals surface area contributed by atoms with Crippen molar-refractivity contribution in [2.75, 3.05) is 18.0 Å². The van der Waals surface area contributed by atoms with Crippen molar-refractivity contribution in [3.05, 3.63) is 30.3 Å². The Morgan fingerprint density at radius 1 is 1.22 bits per heavy atom. The minimum absolute atomic E-state index is 0.415. The van der Waals surface area contributed by atoms with Gasteiger partial charge in [-0.25, -0.2) is 0 Å². The second-order valence-corrected chi connectivity index (χ2v) is 5.49. The van der Waals surface area contributed by atoms with Crippen molar-refractivity contribution in [1.82, 2.24) is 0 Å². The Morgan fingerprint density at radius 2 is 2.00 bits per heavy atom. The molecular formula is C16H26N2. The van der Waals surface area contributed by atoms with Gasteiger partial charge in [-0.05, 0) is 37.3 Å². The molecule has 1 aliphatic rings. The fourth-order valence-electron chi connectivity index (χ4n) is 2.89. The van der Waals surface area contributed by atoms with E-state index in [1.807, 2.05) is 0 Å². The average molecular weight is 246 g/mol. The summed E-state index contributed by atoms with van der Waals surface area (Å²) in [6.45, 7) is 4.54.